The summed E-state index contributed by atoms with van der Waals surface area (Å²) >= 11 is 0. The third-order valence-corrected chi connectivity index (χ3v) is 3.36. The molecule has 7 heteroatoms. The van der Waals surface area contributed by atoms with Crippen LogP contribution in [0.4, 0.5) is 0 Å². The standard InChI is InChI=1S/C18H28O7/c1-6-9-21-13-14(22-10-7-2)16(23-11-8-3)18(24-12(4)5)25-15(13)17(19)20/h6-8,12-16,18H,1-3,9-11H2,4-5H3,(H,19,20)/t13-,14-,15-,16+,18?/m0/s1. The van der Waals surface area contributed by atoms with Crippen LogP contribution in [0.1, 0.15) is 13.8 Å². The largest absolute Gasteiger partial charge is 0.479 e. The molecule has 0 radical (unpaired) electrons. The van der Waals surface area contributed by atoms with E-state index in [9.17, 15) is 9.90 Å². The molecule has 1 aliphatic heterocycles. The number of rotatable bonds is 12. The van der Waals surface area contributed by atoms with E-state index in [-0.39, 0.29) is 25.9 Å². The van der Waals surface area contributed by atoms with Crippen molar-refractivity contribution in [2.24, 2.45) is 0 Å². The van der Waals surface area contributed by atoms with E-state index >= 15 is 0 Å². The SMILES string of the molecule is C=CCO[C@H]1[C@H](OCC=C)[C@@H](OCC=C)C(OC(C)C)O[C@@H]1C(=O)O. The Morgan fingerprint density at radius 3 is 1.92 bits per heavy atom. The molecule has 1 saturated heterocycles. The van der Waals surface area contributed by atoms with Crippen molar-refractivity contribution in [1.82, 2.24) is 0 Å². The first kappa shape index (κ1) is 21.5. The molecule has 1 unspecified atom stereocenters. The summed E-state index contributed by atoms with van der Waals surface area (Å²) in [5.41, 5.74) is 0. The zero-order valence-corrected chi connectivity index (χ0v) is 14.8. The van der Waals surface area contributed by atoms with Gasteiger partial charge in [0.1, 0.15) is 18.3 Å². The molecule has 0 aliphatic carbocycles. The van der Waals surface area contributed by atoms with Crippen molar-refractivity contribution in [2.75, 3.05) is 19.8 Å². The Hall–Kier alpha value is -1.51. The highest BCUT2D eigenvalue weighted by Gasteiger charge is 2.51. The summed E-state index contributed by atoms with van der Waals surface area (Å²) < 4.78 is 28.5. The van der Waals surface area contributed by atoms with Gasteiger partial charge in [-0.2, -0.15) is 0 Å². The molecule has 1 fully saturated rings. The van der Waals surface area contributed by atoms with Crippen molar-refractivity contribution >= 4 is 5.97 Å². The van der Waals surface area contributed by atoms with E-state index in [2.05, 4.69) is 19.7 Å². The first-order chi connectivity index (χ1) is 12.0. The minimum atomic E-state index is -1.26. The summed E-state index contributed by atoms with van der Waals surface area (Å²) in [6, 6.07) is 0. The minimum absolute atomic E-state index is 0.148. The second-order valence-electron chi connectivity index (χ2n) is 5.71. The maximum atomic E-state index is 11.7. The number of hydrogen-bond acceptors (Lipinski definition) is 6. The van der Waals surface area contributed by atoms with E-state index in [1.54, 1.807) is 12.2 Å². The Morgan fingerprint density at radius 2 is 1.48 bits per heavy atom. The van der Waals surface area contributed by atoms with Crippen LogP contribution in [-0.4, -0.2) is 67.7 Å². The van der Waals surface area contributed by atoms with Gasteiger partial charge in [-0.1, -0.05) is 18.2 Å². The fourth-order valence-corrected chi connectivity index (χ4v) is 2.47. The molecule has 0 amide bonds. The molecular formula is C18H28O7. The molecule has 0 spiro atoms. The lowest BCUT2D eigenvalue weighted by atomic mass is 9.97. The number of aliphatic carboxylic acids is 1. The van der Waals surface area contributed by atoms with Crippen LogP contribution < -0.4 is 0 Å². The maximum absolute atomic E-state index is 11.7. The molecular weight excluding hydrogens is 328 g/mol. The molecule has 0 aromatic heterocycles. The minimum Gasteiger partial charge on any atom is -0.479 e. The van der Waals surface area contributed by atoms with Gasteiger partial charge in [0.2, 0.25) is 0 Å². The summed E-state index contributed by atoms with van der Waals surface area (Å²) in [5.74, 6) is -1.17. The van der Waals surface area contributed by atoms with E-state index in [0.29, 0.717) is 0 Å². The van der Waals surface area contributed by atoms with Crippen LogP contribution in [0.15, 0.2) is 38.0 Å². The predicted molar refractivity (Wildman–Crippen MR) is 92.3 cm³/mol. The quantitative estimate of drug-likeness (QED) is 0.535. The monoisotopic (exact) mass is 356 g/mol. The average Bonchev–Trinajstić information content (AvgIpc) is 2.56. The second kappa shape index (κ2) is 11.2. The Balaban J connectivity index is 3.16. The van der Waals surface area contributed by atoms with Gasteiger partial charge in [0.25, 0.3) is 0 Å². The third-order valence-electron chi connectivity index (χ3n) is 3.36. The van der Waals surface area contributed by atoms with Gasteiger partial charge in [-0.05, 0) is 13.8 Å². The normalized spacial score (nSPS) is 29.3. The Bertz CT molecular complexity index is 449. The predicted octanol–water partition coefficient (Wildman–Crippen LogP) is 1.93. The summed E-state index contributed by atoms with van der Waals surface area (Å²) in [5, 5.41) is 9.55. The van der Waals surface area contributed by atoms with Crippen LogP contribution in [0.25, 0.3) is 0 Å². The van der Waals surface area contributed by atoms with Crippen LogP contribution in [0.3, 0.4) is 0 Å². The Labute approximate surface area is 148 Å². The first-order valence-electron chi connectivity index (χ1n) is 8.17. The van der Waals surface area contributed by atoms with Gasteiger partial charge in [-0.15, -0.1) is 19.7 Å². The van der Waals surface area contributed by atoms with Crippen LogP contribution in [0, 0.1) is 0 Å². The molecule has 5 atom stereocenters. The summed E-state index contributed by atoms with van der Waals surface area (Å²) in [7, 11) is 0. The lowest BCUT2D eigenvalue weighted by molar-refractivity contribution is -0.317. The zero-order valence-electron chi connectivity index (χ0n) is 14.8. The first-order valence-corrected chi connectivity index (χ1v) is 8.17. The Morgan fingerprint density at radius 1 is 1.00 bits per heavy atom. The maximum Gasteiger partial charge on any atom is 0.335 e. The van der Waals surface area contributed by atoms with E-state index < -0.39 is 36.7 Å². The van der Waals surface area contributed by atoms with E-state index in [4.69, 9.17) is 23.7 Å². The fraction of sp³-hybridized carbons (Fsp3) is 0.611. The van der Waals surface area contributed by atoms with Crippen LogP contribution in [-0.2, 0) is 28.5 Å². The topological polar surface area (TPSA) is 83.5 Å². The second-order valence-corrected chi connectivity index (χ2v) is 5.71. The Kier molecular flexibility index (Phi) is 9.62. The highest BCUT2D eigenvalue weighted by Crippen LogP contribution is 2.30. The third kappa shape index (κ3) is 6.37. The van der Waals surface area contributed by atoms with Crippen LogP contribution in [0.5, 0.6) is 0 Å². The van der Waals surface area contributed by atoms with Gasteiger partial charge < -0.3 is 28.8 Å². The highest BCUT2D eigenvalue weighted by molar-refractivity contribution is 5.73. The molecule has 142 valence electrons. The van der Waals surface area contributed by atoms with E-state index in [0.717, 1.165) is 0 Å². The lowest BCUT2D eigenvalue weighted by Gasteiger charge is -2.44. The van der Waals surface area contributed by atoms with Gasteiger partial charge in [-0.3, -0.25) is 0 Å². The lowest BCUT2D eigenvalue weighted by Crippen LogP contribution is -2.63. The van der Waals surface area contributed by atoms with Crippen LogP contribution >= 0.6 is 0 Å². The summed E-state index contributed by atoms with van der Waals surface area (Å²) in [6.45, 7) is 15.1. The van der Waals surface area contributed by atoms with Gasteiger partial charge in [0.05, 0.1) is 25.9 Å². The van der Waals surface area contributed by atoms with Gasteiger partial charge >= 0.3 is 5.97 Å². The fourth-order valence-electron chi connectivity index (χ4n) is 2.47. The molecule has 0 saturated carbocycles. The summed E-state index contributed by atoms with van der Waals surface area (Å²) in [6.07, 6.45) is -0.000671. The molecule has 1 heterocycles. The number of carboxylic acids is 1. The smallest absolute Gasteiger partial charge is 0.335 e. The number of hydrogen-bond donors (Lipinski definition) is 1. The van der Waals surface area contributed by atoms with Crippen molar-refractivity contribution in [3.05, 3.63) is 38.0 Å². The van der Waals surface area contributed by atoms with Crippen molar-refractivity contribution in [3.8, 4) is 0 Å². The molecule has 0 bridgehead atoms. The average molecular weight is 356 g/mol. The molecule has 25 heavy (non-hydrogen) atoms. The molecule has 0 aromatic rings. The van der Waals surface area contributed by atoms with Gasteiger partial charge in [0.15, 0.2) is 12.4 Å². The van der Waals surface area contributed by atoms with Crippen molar-refractivity contribution < 1.29 is 33.6 Å². The van der Waals surface area contributed by atoms with E-state index in [1.807, 2.05) is 13.8 Å². The van der Waals surface area contributed by atoms with E-state index in [1.165, 1.54) is 6.08 Å². The number of ether oxygens (including phenoxy) is 5. The highest BCUT2D eigenvalue weighted by atomic mass is 16.7. The van der Waals surface area contributed by atoms with Crippen molar-refractivity contribution in [3.63, 3.8) is 0 Å². The zero-order chi connectivity index (χ0) is 18.8. The molecule has 1 rings (SSSR count). The molecule has 1 aliphatic rings. The molecule has 1 N–H and O–H groups in total. The molecule has 7 nitrogen and oxygen atoms in total. The van der Waals surface area contributed by atoms with Crippen molar-refractivity contribution in [2.45, 2.75) is 50.7 Å². The van der Waals surface area contributed by atoms with Gasteiger partial charge in [-0.25, -0.2) is 4.79 Å². The number of carboxylic acid groups (broad SMARTS) is 1. The summed E-state index contributed by atoms with van der Waals surface area (Å²) in [4.78, 5) is 11.7. The van der Waals surface area contributed by atoms with Crippen LogP contribution in [0.2, 0.25) is 0 Å². The number of carbonyl (C=O) groups is 1. The molecule has 0 aromatic carbocycles. The van der Waals surface area contributed by atoms with Gasteiger partial charge in [0, 0.05) is 0 Å². The van der Waals surface area contributed by atoms with Crippen molar-refractivity contribution in [1.29, 1.82) is 0 Å².